The van der Waals surface area contributed by atoms with Gasteiger partial charge in [-0.3, -0.25) is 9.59 Å². The molecule has 0 saturated carbocycles. The summed E-state index contributed by atoms with van der Waals surface area (Å²) in [5.41, 5.74) is 5.38. The lowest BCUT2D eigenvalue weighted by atomic mass is 9.96. The van der Waals surface area contributed by atoms with Gasteiger partial charge in [0.15, 0.2) is 5.78 Å². The molecule has 0 aliphatic heterocycles. The van der Waals surface area contributed by atoms with Crippen molar-refractivity contribution in [2.75, 3.05) is 20.6 Å². The van der Waals surface area contributed by atoms with Gasteiger partial charge in [-0.2, -0.15) is 0 Å². The Morgan fingerprint density at radius 2 is 1.70 bits per heavy atom. The van der Waals surface area contributed by atoms with Gasteiger partial charge >= 0.3 is 0 Å². The Kier molecular flexibility index (Phi) is 6.71. The Labute approximate surface area is 194 Å². The molecule has 1 heterocycles. The van der Waals surface area contributed by atoms with Gasteiger partial charge in [-0.25, -0.2) is 0 Å². The molecule has 0 saturated heterocycles. The second-order valence-electron chi connectivity index (χ2n) is 8.56. The van der Waals surface area contributed by atoms with Gasteiger partial charge in [-0.15, -0.1) is 0 Å². The van der Waals surface area contributed by atoms with Crippen molar-refractivity contribution < 1.29 is 9.59 Å². The largest absolute Gasteiger partial charge is 0.360 e. The highest BCUT2D eigenvalue weighted by Crippen LogP contribution is 2.26. The van der Waals surface area contributed by atoms with Crippen LogP contribution in [0.4, 0.5) is 0 Å². The highest BCUT2D eigenvalue weighted by molar-refractivity contribution is 6.11. The summed E-state index contributed by atoms with van der Waals surface area (Å²) in [6.45, 7) is 2.75. The van der Waals surface area contributed by atoms with Crippen LogP contribution in [0, 0.1) is 6.92 Å². The number of amides is 1. The zero-order valence-electron chi connectivity index (χ0n) is 19.3. The molecular weight excluding hydrogens is 410 g/mol. The standard InChI is InChI=1S/C28H29N3O2/c1-19-9-11-20(12-10-19)15-16-29-26(21-7-5-4-6-8-21)27(32)24-18-30-25-17-22(13-14-23(24)25)28(33)31(2)3/h4-14,17-18,26,29-30H,15-16H2,1-3H3/t26-/m0/s1. The fourth-order valence-corrected chi connectivity index (χ4v) is 4.00. The van der Waals surface area contributed by atoms with Crippen molar-refractivity contribution in [3.05, 3.63) is 107 Å². The number of aromatic nitrogens is 1. The van der Waals surface area contributed by atoms with E-state index in [2.05, 4.69) is 41.5 Å². The van der Waals surface area contributed by atoms with E-state index in [4.69, 9.17) is 0 Å². The molecule has 4 rings (SSSR count). The number of hydrogen-bond donors (Lipinski definition) is 2. The number of rotatable bonds is 8. The van der Waals surface area contributed by atoms with Crippen molar-refractivity contribution >= 4 is 22.6 Å². The minimum atomic E-state index is -0.460. The van der Waals surface area contributed by atoms with E-state index < -0.39 is 6.04 Å². The zero-order valence-corrected chi connectivity index (χ0v) is 19.3. The maximum atomic E-state index is 13.7. The first-order valence-corrected chi connectivity index (χ1v) is 11.1. The number of hydrogen-bond acceptors (Lipinski definition) is 3. The van der Waals surface area contributed by atoms with E-state index in [0.717, 1.165) is 22.9 Å². The number of carbonyl (C=O) groups excluding carboxylic acids is 2. The monoisotopic (exact) mass is 439 g/mol. The third kappa shape index (κ3) is 5.04. The molecule has 1 atom stereocenters. The van der Waals surface area contributed by atoms with E-state index >= 15 is 0 Å². The zero-order chi connectivity index (χ0) is 23.4. The Hall–Kier alpha value is -3.70. The molecule has 1 amide bonds. The van der Waals surface area contributed by atoms with Crippen LogP contribution >= 0.6 is 0 Å². The number of nitrogens with one attached hydrogen (secondary N) is 2. The number of nitrogens with zero attached hydrogens (tertiary/aromatic N) is 1. The number of Topliss-reactive ketones (excluding diaryl/α,β-unsaturated/α-hetero) is 1. The van der Waals surface area contributed by atoms with Crippen LogP contribution in [0.1, 0.15) is 43.4 Å². The molecule has 168 valence electrons. The van der Waals surface area contributed by atoms with Crippen molar-refractivity contribution in [1.82, 2.24) is 15.2 Å². The van der Waals surface area contributed by atoms with Gasteiger partial charge < -0.3 is 15.2 Å². The smallest absolute Gasteiger partial charge is 0.253 e. The van der Waals surface area contributed by atoms with E-state index in [0.29, 0.717) is 17.7 Å². The van der Waals surface area contributed by atoms with Crippen LogP contribution in [0.25, 0.3) is 10.9 Å². The maximum absolute atomic E-state index is 13.7. The van der Waals surface area contributed by atoms with Gasteiger partial charge in [-0.05, 0) is 36.6 Å². The van der Waals surface area contributed by atoms with Crippen LogP contribution in [-0.4, -0.2) is 42.2 Å². The summed E-state index contributed by atoms with van der Waals surface area (Å²) >= 11 is 0. The molecule has 3 aromatic carbocycles. The lowest BCUT2D eigenvalue weighted by molar-refractivity contribution is 0.0827. The van der Waals surface area contributed by atoms with Gasteiger partial charge in [-0.1, -0.05) is 66.2 Å². The third-order valence-corrected chi connectivity index (χ3v) is 5.88. The number of aromatic amines is 1. The first-order chi connectivity index (χ1) is 15.9. The van der Waals surface area contributed by atoms with Crippen LogP contribution in [0.2, 0.25) is 0 Å². The average Bonchev–Trinajstić information content (AvgIpc) is 3.26. The van der Waals surface area contributed by atoms with E-state index in [1.54, 1.807) is 37.3 Å². The normalized spacial score (nSPS) is 12.0. The van der Waals surface area contributed by atoms with Crippen LogP contribution in [0.3, 0.4) is 0 Å². The molecule has 5 nitrogen and oxygen atoms in total. The van der Waals surface area contributed by atoms with Gasteiger partial charge in [0.2, 0.25) is 0 Å². The number of fused-ring (bicyclic) bond motifs is 1. The highest BCUT2D eigenvalue weighted by Gasteiger charge is 2.24. The lowest BCUT2D eigenvalue weighted by Gasteiger charge is -2.18. The molecule has 1 aromatic heterocycles. The molecule has 0 aliphatic rings. The number of H-pyrrole nitrogens is 1. The molecular formula is C28H29N3O2. The molecule has 5 heteroatoms. The van der Waals surface area contributed by atoms with Crippen molar-refractivity contribution in [2.45, 2.75) is 19.4 Å². The Morgan fingerprint density at radius 1 is 0.970 bits per heavy atom. The van der Waals surface area contributed by atoms with E-state index in [1.807, 2.05) is 36.4 Å². The van der Waals surface area contributed by atoms with E-state index in [1.165, 1.54) is 11.1 Å². The van der Waals surface area contributed by atoms with E-state index in [-0.39, 0.29) is 11.7 Å². The fraction of sp³-hybridized carbons (Fsp3) is 0.214. The minimum Gasteiger partial charge on any atom is -0.360 e. The third-order valence-electron chi connectivity index (χ3n) is 5.88. The SMILES string of the molecule is Cc1ccc(CCN[C@H](C(=O)c2c[nH]c3cc(C(=O)N(C)C)ccc23)c2ccccc2)cc1. The van der Waals surface area contributed by atoms with Crippen molar-refractivity contribution in [1.29, 1.82) is 0 Å². The Balaban J connectivity index is 1.59. The molecule has 2 N–H and O–H groups in total. The molecule has 4 aromatic rings. The summed E-state index contributed by atoms with van der Waals surface area (Å²) in [7, 11) is 3.45. The quantitative estimate of drug-likeness (QED) is 0.383. The molecule has 0 aliphatic carbocycles. The van der Waals surface area contributed by atoms with Crippen molar-refractivity contribution in [3.8, 4) is 0 Å². The second kappa shape index (κ2) is 9.84. The van der Waals surface area contributed by atoms with Crippen LogP contribution in [0.5, 0.6) is 0 Å². The van der Waals surface area contributed by atoms with Crippen LogP contribution in [-0.2, 0) is 6.42 Å². The molecule has 0 fully saturated rings. The van der Waals surface area contributed by atoms with Gasteiger partial charge in [0, 0.05) is 48.9 Å². The summed E-state index contributed by atoms with van der Waals surface area (Å²) in [5.74, 6) is -0.0673. The number of carbonyl (C=O) groups is 2. The van der Waals surface area contributed by atoms with Gasteiger partial charge in [0.25, 0.3) is 5.91 Å². The highest BCUT2D eigenvalue weighted by atomic mass is 16.2. The summed E-state index contributed by atoms with van der Waals surface area (Å²) in [6.07, 6.45) is 2.58. The molecule has 0 unspecified atom stereocenters. The number of aryl methyl sites for hydroxylation is 1. The second-order valence-corrected chi connectivity index (χ2v) is 8.56. The van der Waals surface area contributed by atoms with E-state index in [9.17, 15) is 9.59 Å². The molecule has 33 heavy (non-hydrogen) atoms. The van der Waals surface area contributed by atoms with Crippen molar-refractivity contribution in [3.63, 3.8) is 0 Å². The Morgan fingerprint density at radius 3 is 2.39 bits per heavy atom. The average molecular weight is 440 g/mol. The predicted octanol–water partition coefficient (Wildman–Crippen LogP) is 4.93. The van der Waals surface area contributed by atoms with Gasteiger partial charge in [0.1, 0.15) is 0 Å². The predicted molar refractivity (Wildman–Crippen MR) is 133 cm³/mol. The molecule has 0 radical (unpaired) electrons. The first-order valence-electron chi connectivity index (χ1n) is 11.1. The maximum Gasteiger partial charge on any atom is 0.253 e. The summed E-state index contributed by atoms with van der Waals surface area (Å²) in [4.78, 5) is 30.7. The van der Waals surface area contributed by atoms with Gasteiger partial charge in [0.05, 0.1) is 6.04 Å². The topological polar surface area (TPSA) is 65.2 Å². The summed E-state index contributed by atoms with van der Waals surface area (Å²) in [5, 5.41) is 4.29. The molecule has 0 spiro atoms. The summed E-state index contributed by atoms with van der Waals surface area (Å²) < 4.78 is 0. The van der Waals surface area contributed by atoms with Crippen LogP contribution in [0.15, 0.2) is 79.0 Å². The fourth-order valence-electron chi connectivity index (χ4n) is 4.00. The minimum absolute atomic E-state index is 0.00282. The van der Waals surface area contributed by atoms with Crippen molar-refractivity contribution in [2.24, 2.45) is 0 Å². The summed E-state index contributed by atoms with van der Waals surface area (Å²) in [6, 6.07) is 23.2. The lowest BCUT2D eigenvalue weighted by Crippen LogP contribution is -2.30. The number of ketones is 1. The Bertz CT molecular complexity index is 1260. The van der Waals surface area contributed by atoms with Crippen LogP contribution < -0.4 is 5.32 Å². The number of benzene rings is 3. The first kappa shape index (κ1) is 22.5. The molecule has 0 bridgehead atoms.